The third-order valence-electron chi connectivity index (χ3n) is 10.0. The monoisotopic (exact) mass is 794 g/mol. The van der Waals surface area contributed by atoms with Gasteiger partial charge in [-0.25, -0.2) is 0 Å². The van der Waals surface area contributed by atoms with Gasteiger partial charge >= 0.3 is 5.97 Å². The van der Waals surface area contributed by atoms with Crippen LogP contribution in [0, 0.1) is 6.92 Å². The Morgan fingerprint density at radius 2 is 1.64 bits per heavy atom. The van der Waals surface area contributed by atoms with Crippen LogP contribution in [0.15, 0.2) is 77.5 Å². The maximum Gasteiger partial charge on any atom is 0.303 e. The first-order valence-corrected chi connectivity index (χ1v) is 19.5. The van der Waals surface area contributed by atoms with Gasteiger partial charge in [-0.1, -0.05) is 37.5 Å². The van der Waals surface area contributed by atoms with E-state index < -0.39 is 47.2 Å². The number of para-hydroxylation sites is 1. The molecule has 8 N–H and O–H groups in total. The number of hydrogen-bond donors (Lipinski definition) is 7. The number of aliphatic carboxylic acids is 1. The molecule has 16 heteroatoms. The topological polar surface area (TPSA) is 248 Å². The highest BCUT2D eigenvalue weighted by atomic mass is 16.4. The summed E-state index contributed by atoms with van der Waals surface area (Å²) in [5.74, 6) is -3.94. The minimum atomic E-state index is -1.28. The predicted molar refractivity (Wildman–Crippen MR) is 216 cm³/mol. The number of carbonyl (C=O) groups is 6. The molecule has 1 aliphatic rings. The van der Waals surface area contributed by atoms with E-state index >= 15 is 0 Å². The SMILES string of the molecule is Cc1cccc2oc(Nc3ccc(C(=O)N[C@@H](CCCCNC(=O)/C=C/c4cccnc4)C(=O)N[C@@H](CCCC(=O)O)C(=O)NC4(C(N)=O)CCCCC4)cc3)nc12. The average Bonchev–Trinajstić information content (AvgIpc) is 3.63. The van der Waals surface area contributed by atoms with E-state index in [4.69, 9.17) is 10.2 Å². The molecule has 0 unspecified atom stereocenters. The van der Waals surface area contributed by atoms with Crippen molar-refractivity contribution in [1.29, 1.82) is 0 Å². The van der Waals surface area contributed by atoms with E-state index in [2.05, 4.69) is 36.6 Å². The standard InChI is InChI=1S/C42H50N8O8/c1-27-10-7-14-33-36(27)49-41(58-33)46-30-19-17-29(18-20-30)37(54)47-31(12-3-6-25-45-34(51)21-16-28-11-9-24-44-26-28)38(55)48-32(13-8-15-35(52)53)39(56)50-42(40(43)57)22-4-2-5-23-42/h7,9-11,14,16-21,24,26,31-32H,2-6,8,12-13,15,22-23,25H2,1H3,(H2,43,57)(H,45,51)(H,46,49)(H,47,54)(H,48,55)(H,50,56)(H,52,53)/b21-16+/t31-,32-/m0/s1. The number of hydrogen-bond acceptors (Lipinski definition) is 10. The highest BCUT2D eigenvalue weighted by molar-refractivity contribution is 5.99. The molecule has 1 saturated carbocycles. The number of oxazole rings is 1. The van der Waals surface area contributed by atoms with Crippen LogP contribution in [0.1, 0.15) is 92.1 Å². The fourth-order valence-corrected chi connectivity index (χ4v) is 6.78. The Morgan fingerprint density at radius 1 is 0.897 bits per heavy atom. The van der Waals surface area contributed by atoms with E-state index in [1.165, 1.54) is 6.08 Å². The van der Waals surface area contributed by atoms with Gasteiger partial charge in [0.15, 0.2) is 5.58 Å². The molecule has 2 aromatic heterocycles. The summed E-state index contributed by atoms with van der Waals surface area (Å²) < 4.78 is 5.80. The van der Waals surface area contributed by atoms with Crippen LogP contribution >= 0.6 is 0 Å². The number of carboxylic acid groups (broad SMARTS) is 1. The van der Waals surface area contributed by atoms with E-state index in [1.54, 1.807) is 48.8 Å². The molecular weight excluding hydrogens is 745 g/mol. The van der Waals surface area contributed by atoms with Crippen molar-refractivity contribution in [3.63, 3.8) is 0 Å². The lowest BCUT2D eigenvalue weighted by Crippen LogP contribution is -2.62. The normalized spacial score (nSPS) is 14.6. The minimum Gasteiger partial charge on any atom is -0.481 e. The van der Waals surface area contributed by atoms with E-state index in [0.29, 0.717) is 56.3 Å². The summed E-state index contributed by atoms with van der Waals surface area (Å²) in [5, 5.41) is 23.4. The maximum absolute atomic E-state index is 13.9. The lowest BCUT2D eigenvalue weighted by Gasteiger charge is -2.36. The summed E-state index contributed by atoms with van der Waals surface area (Å²) >= 11 is 0. The van der Waals surface area contributed by atoms with Gasteiger partial charge in [0.1, 0.15) is 23.1 Å². The van der Waals surface area contributed by atoms with Crippen molar-refractivity contribution in [2.24, 2.45) is 5.73 Å². The highest BCUT2D eigenvalue weighted by Crippen LogP contribution is 2.28. The van der Waals surface area contributed by atoms with E-state index in [1.807, 2.05) is 31.2 Å². The predicted octanol–water partition coefficient (Wildman–Crippen LogP) is 4.42. The largest absolute Gasteiger partial charge is 0.481 e. The molecule has 306 valence electrons. The van der Waals surface area contributed by atoms with Crippen LogP contribution in [0.3, 0.4) is 0 Å². The highest BCUT2D eigenvalue weighted by Gasteiger charge is 2.41. The quantitative estimate of drug-likeness (QED) is 0.0488. The van der Waals surface area contributed by atoms with E-state index in [-0.39, 0.29) is 43.2 Å². The number of aromatic nitrogens is 2. The Hall–Kier alpha value is -6.58. The number of pyridine rings is 1. The molecular formula is C42H50N8O8. The molecule has 2 aromatic carbocycles. The van der Waals surface area contributed by atoms with Crippen molar-refractivity contribution in [1.82, 2.24) is 31.2 Å². The molecule has 1 aliphatic carbocycles. The van der Waals surface area contributed by atoms with Crippen molar-refractivity contribution >= 4 is 64.4 Å². The number of amides is 5. The second-order valence-corrected chi connectivity index (χ2v) is 14.4. The Morgan fingerprint density at radius 3 is 2.33 bits per heavy atom. The summed E-state index contributed by atoms with van der Waals surface area (Å²) in [7, 11) is 0. The van der Waals surface area contributed by atoms with Crippen molar-refractivity contribution in [3.8, 4) is 0 Å². The van der Waals surface area contributed by atoms with Crippen LogP contribution in [-0.2, 0) is 24.0 Å². The number of anilines is 2. The van der Waals surface area contributed by atoms with Crippen molar-refractivity contribution in [2.45, 2.75) is 95.2 Å². The first-order chi connectivity index (χ1) is 27.9. The molecule has 2 heterocycles. The molecule has 5 amide bonds. The molecule has 1 fully saturated rings. The van der Waals surface area contributed by atoms with Crippen LogP contribution in [0.4, 0.5) is 11.7 Å². The third kappa shape index (κ3) is 12.2. The van der Waals surface area contributed by atoms with E-state index in [0.717, 1.165) is 23.1 Å². The fraction of sp³-hybridized carbons (Fsp3) is 0.381. The Kier molecular flexibility index (Phi) is 15.1. The molecule has 0 radical (unpaired) electrons. The molecule has 0 saturated heterocycles. The zero-order valence-electron chi connectivity index (χ0n) is 32.4. The van der Waals surface area contributed by atoms with Crippen LogP contribution in [-0.4, -0.2) is 74.7 Å². The number of primary amides is 1. The molecule has 0 aliphatic heterocycles. The lowest BCUT2D eigenvalue weighted by molar-refractivity contribution is -0.137. The number of fused-ring (bicyclic) bond motifs is 1. The van der Waals surface area contributed by atoms with Crippen LogP contribution < -0.4 is 32.3 Å². The smallest absolute Gasteiger partial charge is 0.303 e. The van der Waals surface area contributed by atoms with Gasteiger partial charge in [-0.15, -0.1) is 0 Å². The van der Waals surface area contributed by atoms with Gasteiger partial charge in [-0.2, -0.15) is 4.98 Å². The van der Waals surface area contributed by atoms with Gasteiger partial charge in [0.2, 0.25) is 23.6 Å². The third-order valence-corrected chi connectivity index (χ3v) is 10.0. The molecule has 58 heavy (non-hydrogen) atoms. The zero-order valence-corrected chi connectivity index (χ0v) is 32.4. The number of nitrogens with one attached hydrogen (secondary N) is 5. The van der Waals surface area contributed by atoms with Crippen LogP contribution in [0.2, 0.25) is 0 Å². The number of carbonyl (C=O) groups excluding carboxylic acids is 5. The number of carboxylic acids is 1. The van der Waals surface area contributed by atoms with Gasteiger partial charge < -0.3 is 41.8 Å². The van der Waals surface area contributed by atoms with Gasteiger partial charge in [0.25, 0.3) is 11.9 Å². The Balaban J connectivity index is 1.26. The van der Waals surface area contributed by atoms with Crippen LogP contribution in [0.5, 0.6) is 0 Å². The first-order valence-electron chi connectivity index (χ1n) is 19.5. The lowest BCUT2D eigenvalue weighted by atomic mass is 9.80. The Bertz CT molecular complexity index is 2090. The van der Waals surface area contributed by atoms with E-state index in [9.17, 15) is 33.9 Å². The second-order valence-electron chi connectivity index (χ2n) is 14.4. The number of unbranched alkanes of at least 4 members (excludes halogenated alkanes) is 1. The van der Waals surface area contributed by atoms with Gasteiger partial charge in [-0.3, -0.25) is 33.8 Å². The molecule has 5 rings (SSSR count). The summed E-state index contributed by atoms with van der Waals surface area (Å²) in [6.07, 6.45) is 10.0. The molecule has 2 atom stereocenters. The molecule has 0 bridgehead atoms. The van der Waals surface area contributed by atoms with Gasteiger partial charge in [0, 0.05) is 42.7 Å². The number of nitrogens with zero attached hydrogens (tertiary/aromatic N) is 2. The van der Waals surface area contributed by atoms with Crippen molar-refractivity contribution in [2.75, 3.05) is 11.9 Å². The summed E-state index contributed by atoms with van der Waals surface area (Å²) in [6.45, 7) is 2.23. The molecule has 4 aromatic rings. The van der Waals surface area contributed by atoms with Crippen molar-refractivity contribution in [3.05, 3.63) is 89.8 Å². The minimum absolute atomic E-state index is 0.0356. The number of benzene rings is 2. The second kappa shape index (κ2) is 20.5. The van der Waals surface area contributed by atoms with Gasteiger partial charge in [0.05, 0.1) is 0 Å². The number of nitrogens with two attached hydrogens (primary N) is 1. The average molecular weight is 795 g/mol. The summed E-state index contributed by atoms with van der Waals surface area (Å²) in [5.41, 5.74) is 8.42. The maximum atomic E-state index is 13.9. The zero-order chi connectivity index (χ0) is 41.5. The first kappa shape index (κ1) is 42.6. The number of aryl methyl sites for hydroxylation is 1. The Labute approximate surface area is 335 Å². The molecule has 16 nitrogen and oxygen atoms in total. The van der Waals surface area contributed by atoms with Crippen molar-refractivity contribution < 1.29 is 38.3 Å². The summed E-state index contributed by atoms with van der Waals surface area (Å²) in [6, 6.07) is 13.6. The summed E-state index contributed by atoms with van der Waals surface area (Å²) in [4.78, 5) is 86.0. The molecule has 0 spiro atoms. The van der Waals surface area contributed by atoms with Gasteiger partial charge in [-0.05, 0) is 105 Å². The fourth-order valence-electron chi connectivity index (χ4n) is 6.78. The number of rotatable bonds is 20. The van der Waals surface area contributed by atoms with Crippen LogP contribution in [0.25, 0.3) is 17.2 Å².